The first-order chi connectivity index (χ1) is 12.7. The van der Waals surface area contributed by atoms with Gasteiger partial charge in [0.1, 0.15) is 11.4 Å². The van der Waals surface area contributed by atoms with Crippen molar-refractivity contribution in [3.8, 4) is 0 Å². The number of anilines is 1. The van der Waals surface area contributed by atoms with E-state index in [0.29, 0.717) is 6.54 Å². The lowest BCUT2D eigenvalue weighted by atomic mass is 9.97. The van der Waals surface area contributed by atoms with E-state index in [1.54, 1.807) is 16.2 Å². The molecule has 2 heterocycles. The molecule has 2 aromatic heterocycles. The number of likely N-dealkylation sites (N-methyl/N-ethyl adjacent to an activating group) is 1. The quantitative estimate of drug-likeness (QED) is 0.710. The predicted molar refractivity (Wildman–Crippen MR) is 105 cm³/mol. The molecule has 5 nitrogen and oxygen atoms in total. The van der Waals surface area contributed by atoms with Crippen LogP contribution in [0.2, 0.25) is 0 Å². The number of carbonyl (C=O) groups excluding carboxylic acids is 1. The van der Waals surface area contributed by atoms with E-state index >= 15 is 0 Å². The van der Waals surface area contributed by atoms with E-state index in [9.17, 15) is 9.59 Å². The summed E-state index contributed by atoms with van der Waals surface area (Å²) in [6, 6.07) is 9.54. The summed E-state index contributed by atoms with van der Waals surface area (Å²) < 4.78 is 1.46. The summed E-state index contributed by atoms with van der Waals surface area (Å²) in [4.78, 5) is 34.1. The van der Waals surface area contributed by atoms with Gasteiger partial charge in [0.25, 0.3) is 5.56 Å². The Labute approximate surface area is 155 Å². The van der Waals surface area contributed by atoms with Crippen molar-refractivity contribution in [2.45, 2.75) is 39.2 Å². The SMILES string of the molecule is CCN(C(=O)Cn1cnc2sc3c(c2c1=O)CCCC3)c1ccccc1. The molecule has 0 bridgehead atoms. The van der Waals surface area contributed by atoms with Crippen LogP contribution in [-0.2, 0) is 24.2 Å². The van der Waals surface area contributed by atoms with Crippen molar-refractivity contribution < 1.29 is 4.79 Å². The first kappa shape index (κ1) is 17.0. The molecule has 0 spiro atoms. The van der Waals surface area contributed by atoms with E-state index in [0.717, 1.165) is 40.7 Å². The zero-order chi connectivity index (χ0) is 18.1. The fraction of sp³-hybridized carbons (Fsp3) is 0.350. The molecule has 0 saturated carbocycles. The van der Waals surface area contributed by atoms with Crippen LogP contribution in [0, 0.1) is 0 Å². The molecule has 0 N–H and O–H groups in total. The first-order valence-corrected chi connectivity index (χ1v) is 9.85. The van der Waals surface area contributed by atoms with Gasteiger partial charge in [0, 0.05) is 17.1 Å². The largest absolute Gasteiger partial charge is 0.311 e. The molecular formula is C20H21N3O2S. The number of amides is 1. The Morgan fingerprint density at radius 3 is 2.77 bits per heavy atom. The monoisotopic (exact) mass is 367 g/mol. The standard InChI is InChI=1S/C20H21N3O2S/c1-2-23(14-8-4-3-5-9-14)17(24)12-22-13-21-19-18(20(22)25)15-10-6-7-11-16(15)26-19/h3-5,8-9,13H,2,6-7,10-12H2,1H3. The van der Waals surface area contributed by atoms with Crippen molar-refractivity contribution in [3.05, 3.63) is 57.5 Å². The van der Waals surface area contributed by atoms with Crippen molar-refractivity contribution >= 4 is 33.1 Å². The minimum Gasteiger partial charge on any atom is -0.311 e. The molecule has 0 fully saturated rings. The highest BCUT2D eigenvalue weighted by Crippen LogP contribution is 2.33. The molecule has 0 atom stereocenters. The molecule has 1 amide bonds. The lowest BCUT2D eigenvalue weighted by Crippen LogP contribution is -2.36. The second-order valence-corrected chi connectivity index (χ2v) is 7.63. The molecule has 0 radical (unpaired) electrons. The number of thiophene rings is 1. The van der Waals surface area contributed by atoms with Gasteiger partial charge < -0.3 is 4.90 Å². The fourth-order valence-electron chi connectivity index (χ4n) is 3.64. The number of hydrogen-bond donors (Lipinski definition) is 0. The minimum atomic E-state index is -0.106. The number of aryl methyl sites for hydroxylation is 2. The Balaban J connectivity index is 1.68. The van der Waals surface area contributed by atoms with Gasteiger partial charge >= 0.3 is 0 Å². The second kappa shape index (κ2) is 7.03. The molecule has 6 heteroatoms. The van der Waals surface area contributed by atoms with Crippen LogP contribution in [0.25, 0.3) is 10.2 Å². The number of hydrogen-bond acceptors (Lipinski definition) is 4. The summed E-state index contributed by atoms with van der Waals surface area (Å²) in [5, 5.41) is 0.725. The molecule has 1 aromatic carbocycles. The number of rotatable bonds is 4. The minimum absolute atomic E-state index is 0.00906. The highest BCUT2D eigenvalue weighted by Gasteiger charge is 2.21. The highest BCUT2D eigenvalue weighted by molar-refractivity contribution is 7.18. The van der Waals surface area contributed by atoms with Gasteiger partial charge in [-0.2, -0.15) is 0 Å². The van der Waals surface area contributed by atoms with E-state index in [1.165, 1.54) is 22.2 Å². The van der Waals surface area contributed by atoms with Crippen molar-refractivity contribution in [2.75, 3.05) is 11.4 Å². The van der Waals surface area contributed by atoms with Gasteiger partial charge in [-0.25, -0.2) is 4.98 Å². The zero-order valence-electron chi connectivity index (χ0n) is 14.8. The van der Waals surface area contributed by atoms with Crippen molar-refractivity contribution in [1.82, 2.24) is 9.55 Å². The number of carbonyl (C=O) groups is 1. The van der Waals surface area contributed by atoms with E-state index in [1.807, 2.05) is 37.3 Å². The third-order valence-electron chi connectivity index (χ3n) is 4.93. The summed E-state index contributed by atoms with van der Waals surface area (Å²) in [5.74, 6) is -0.106. The Hall–Kier alpha value is -2.47. The molecule has 4 rings (SSSR count). The number of para-hydroxylation sites is 1. The van der Waals surface area contributed by atoms with Crippen LogP contribution in [0.4, 0.5) is 5.69 Å². The lowest BCUT2D eigenvalue weighted by molar-refractivity contribution is -0.119. The third kappa shape index (κ3) is 2.94. The smallest absolute Gasteiger partial charge is 0.262 e. The molecule has 26 heavy (non-hydrogen) atoms. The number of aromatic nitrogens is 2. The van der Waals surface area contributed by atoms with Crippen LogP contribution in [0.3, 0.4) is 0 Å². The number of fused-ring (bicyclic) bond motifs is 3. The van der Waals surface area contributed by atoms with Crippen LogP contribution in [-0.4, -0.2) is 22.0 Å². The Kier molecular flexibility index (Phi) is 4.59. The van der Waals surface area contributed by atoms with E-state index in [4.69, 9.17) is 0 Å². The summed E-state index contributed by atoms with van der Waals surface area (Å²) in [5.41, 5.74) is 1.91. The van der Waals surface area contributed by atoms with Gasteiger partial charge in [0.15, 0.2) is 0 Å². The first-order valence-electron chi connectivity index (χ1n) is 9.04. The lowest BCUT2D eigenvalue weighted by Gasteiger charge is -2.21. The summed E-state index contributed by atoms with van der Waals surface area (Å²) >= 11 is 1.63. The molecule has 0 saturated heterocycles. The van der Waals surface area contributed by atoms with Crippen molar-refractivity contribution in [3.63, 3.8) is 0 Å². The normalized spacial score (nSPS) is 13.6. The average Bonchev–Trinajstić information content (AvgIpc) is 3.05. The van der Waals surface area contributed by atoms with Crippen LogP contribution >= 0.6 is 11.3 Å². The summed E-state index contributed by atoms with van der Waals surface area (Å²) in [6.07, 6.45) is 5.78. The van der Waals surface area contributed by atoms with E-state index < -0.39 is 0 Å². The van der Waals surface area contributed by atoms with Crippen molar-refractivity contribution in [2.24, 2.45) is 0 Å². The average molecular weight is 367 g/mol. The fourth-order valence-corrected chi connectivity index (χ4v) is 4.86. The van der Waals surface area contributed by atoms with Crippen molar-refractivity contribution in [1.29, 1.82) is 0 Å². The van der Waals surface area contributed by atoms with Crippen LogP contribution in [0.15, 0.2) is 41.5 Å². The van der Waals surface area contributed by atoms with Crippen LogP contribution in [0.5, 0.6) is 0 Å². The number of nitrogens with zero attached hydrogens (tertiary/aromatic N) is 3. The Bertz CT molecular complexity index is 1010. The molecule has 1 aliphatic rings. The van der Waals surface area contributed by atoms with Gasteiger partial charge in [-0.15, -0.1) is 11.3 Å². The maximum atomic E-state index is 13.0. The Morgan fingerprint density at radius 1 is 1.23 bits per heavy atom. The van der Waals surface area contributed by atoms with Gasteiger partial charge in [0.05, 0.1) is 11.7 Å². The Morgan fingerprint density at radius 2 is 2.00 bits per heavy atom. The van der Waals surface area contributed by atoms with E-state index in [-0.39, 0.29) is 18.0 Å². The molecular weight excluding hydrogens is 346 g/mol. The molecule has 0 aliphatic heterocycles. The molecule has 3 aromatic rings. The van der Waals surface area contributed by atoms with Gasteiger partial charge in [-0.1, -0.05) is 18.2 Å². The third-order valence-corrected chi connectivity index (χ3v) is 6.13. The summed E-state index contributed by atoms with van der Waals surface area (Å²) in [6.45, 7) is 2.50. The topological polar surface area (TPSA) is 55.2 Å². The van der Waals surface area contributed by atoms with Gasteiger partial charge in [-0.3, -0.25) is 14.2 Å². The highest BCUT2D eigenvalue weighted by atomic mass is 32.1. The zero-order valence-corrected chi connectivity index (χ0v) is 15.6. The molecule has 134 valence electrons. The van der Waals surface area contributed by atoms with Crippen LogP contribution in [0.1, 0.15) is 30.2 Å². The van der Waals surface area contributed by atoms with E-state index in [2.05, 4.69) is 4.98 Å². The van der Waals surface area contributed by atoms with Gasteiger partial charge in [0.2, 0.25) is 5.91 Å². The number of benzene rings is 1. The molecule has 0 unspecified atom stereocenters. The predicted octanol–water partition coefficient (Wildman–Crippen LogP) is 3.39. The molecule has 1 aliphatic carbocycles. The summed E-state index contributed by atoms with van der Waals surface area (Å²) in [7, 11) is 0. The van der Waals surface area contributed by atoms with Crippen LogP contribution < -0.4 is 10.5 Å². The van der Waals surface area contributed by atoms with Gasteiger partial charge in [-0.05, 0) is 50.3 Å². The maximum absolute atomic E-state index is 13.0. The second-order valence-electron chi connectivity index (χ2n) is 6.54. The maximum Gasteiger partial charge on any atom is 0.262 e.